The van der Waals surface area contributed by atoms with Gasteiger partial charge in [0.05, 0.1) is 6.10 Å². The first kappa shape index (κ1) is 11.1. The van der Waals surface area contributed by atoms with Crippen molar-refractivity contribution in [1.82, 2.24) is 0 Å². The van der Waals surface area contributed by atoms with Crippen LogP contribution < -0.4 is 0 Å². The molecule has 1 aromatic rings. The summed E-state index contributed by atoms with van der Waals surface area (Å²) in [5.41, 5.74) is 2.38. The summed E-state index contributed by atoms with van der Waals surface area (Å²) in [5, 5.41) is 9.25. The molecule has 15 heavy (non-hydrogen) atoms. The van der Waals surface area contributed by atoms with Crippen LogP contribution in [-0.4, -0.2) is 18.3 Å². The van der Waals surface area contributed by atoms with Crippen LogP contribution in [0, 0.1) is 12.8 Å². The lowest BCUT2D eigenvalue weighted by molar-refractivity contribution is 0.0715. The molecular formula is C12H15BrO2. The molecule has 2 rings (SSSR count). The van der Waals surface area contributed by atoms with E-state index in [1.807, 2.05) is 0 Å². The fraction of sp³-hybridized carbons (Fsp3) is 0.500. The van der Waals surface area contributed by atoms with E-state index in [-0.39, 0.29) is 18.6 Å². The summed E-state index contributed by atoms with van der Waals surface area (Å²) in [6.45, 7) is 3.01. The number of benzene rings is 1. The quantitative estimate of drug-likeness (QED) is 0.896. The third-order valence-electron chi connectivity index (χ3n) is 2.91. The van der Waals surface area contributed by atoms with Crippen molar-refractivity contribution in [2.45, 2.75) is 19.4 Å². The maximum absolute atomic E-state index is 9.25. The zero-order valence-electron chi connectivity index (χ0n) is 8.74. The molecule has 2 nitrogen and oxygen atoms in total. The lowest BCUT2D eigenvalue weighted by atomic mass is 9.95. The van der Waals surface area contributed by atoms with Crippen LogP contribution in [-0.2, 0) is 4.74 Å². The van der Waals surface area contributed by atoms with Crippen LogP contribution in [0.1, 0.15) is 23.7 Å². The van der Waals surface area contributed by atoms with Crippen LogP contribution >= 0.6 is 15.9 Å². The molecular weight excluding hydrogens is 256 g/mol. The Morgan fingerprint density at radius 1 is 1.53 bits per heavy atom. The first-order valence-corrected chi connectivity index (χ1v) is 6.00. The lowest BCUT2D eigenvalue weighted by Gasteiger charge is -2.18. The fourth-order valence-corrected chi connectivity index (χ4v) is 2.75. The molecule has 3 heteroatoms. The molecule has 1 aliphatic heterocycles. The molecule has 2 unspecified atom stereocenters. The van der Waals surface area contributed by atoms with Crippen molar-refractivity contribution in [3.05, 3.63) is 33.8 Å². The largest absolute Gasteiger partial charge is 0.396 e. The van der Waals surface area contributed by atoms with Gasteiger partial charge in [0.2, 0.25) is 0 Å². The Balaban J connectivity index is 2.28. The minimum Gasteiger partial charge on any atom is -0.396 e. The van der Waals surface area contributed by atoms with E-state index in [1.165, 1.54) is 5.56 Å². The number of hydrogen-bond acceptors (Lipinski definition) is 2. The predicted molar refractivity (Wildman–Crippen MR) is 62.8 cm³/mol. The highest BCUT2D eigenvalue weighted by atomic mass is 79.9. The molecule has 1 N–H and O–H groups in total. The average Bonchev–Trinajstić information content (AvgIpc) is 2.65. The summed E-state index contributed by atoms with van der Waals surface area (Å²) in [6.07, 6.45) is 0.992. The first-order valence-electron chi connectivity index (χ1n) is 5.21. The Morgan fingerprint density at radius 3 is 3.00 bits per heavy atom. The van der Waals surface area contributed by atoms with E-state index in [0.29, 0.717) is 0 Å². The van der Waals surface area contributed by atoms with Gasteiger partial charge in [-0.15, -0.1) is 0 Å². The number of rotatable bonds is 2. The molecule has 0 spiro atoms. The number of ether oxygens (including phenoxy) is 1. The Labute approximate surface area is 98.4 Å². The molecule has 1 saturated heterocycles. The molecule has 0 amide bonds. The fourth-order valence-electron chi connectivity index (χ4n) is 2.03. The summed E-state index contributed by atoms with van der Waals surface area (Å²) >= 11 is 3.55. The minimum atomic E-state index is 0.0463. The maximum atomic E-state index is 9.25. The van der Waals surface area contributed by atoms with Gasteiger partial charge in [-0.05, 0) is 30.5 Å². The Morgan fingerprint density at radius 2 is 2.33 bits per heavy atom. The molecule has 0 aliphatic carbocycles. The molecule has 1 heterocycles. The van der Waals surface area contributed by atoms with Gasteiger partial charge >= 0.3 is 0 Å². The van der Waals surface area contributed by atoms with Crippen LogP contribution in [0.3, 0.4) is 0 Å². The summed E-state index contributed by atoms with van der Waals surface area (Å²) in [7, 11) is 0. The highest BCUT2D eigenvalue weighted by Gasteiger charge is 2.30. The Hall–Kier alpha value is -0.380. The zero-order chi connectivity index (χ0) is 10.8. The standard InChI is InChI=1S/C12H15BrO2/c1-8-2-3-10(11(13)6-8)12-9(7-14)4-5-15-12/h2-3,6,9,12,14H,4-5,7H2,1H3. The smallest absolute Gasteiger partial charge is 0.0886 e. The van der Waals surface area contributed by atoms with Gasteiger partial charge in [0.25, 0.3) is 0 Å². The Bertz CT molecular complexity index is 351. The first-order chi connectivity index (χ1) is 7.22. The van der Waals surface area contributed by atoms with Gasteiger partial charge in [-0.1, -0.05) is 28.1 Å². The van der Waals surface area contributed by atoms with E-state index < -0.39 is 0 Å². The molecule has 0 radical (unpaired) electrons. The second-order valence-electron chi connectivity index (χ2n) is 4.05. The third-order valence-corrected chi connectivity index (χ3v) is 3.60. The topological polar surface area (TPSA) is 29.5 Å². The van der Waals surface area contributed by atoms with Crippen LogP contribution in [0.15, 0.2) is 22.7 Å². The molecule has 0 aromatic heterocycles. The Kier molecular flexibility index (Phi) is 3.44. The van der Waals surface area contributed by atoms with Crippen LogP contribution in [0.5, 0.6) is 0 Å². The van der Waals surface area contributed by atoms with E-state index in [0.717, 1.165) is 23.1 Å². The zero-order valence-corrected chi connectivity index (χ0v) is 10.3. The second-order valence-corrected chi connectivity index (χ2v) is 4.90. The molecule has 0 bridgehead atoms. The van der Waals surface area contributed by atoms with Gasteiger partial charge in [-0.2, -0.15) is 0 Å². The summed E-state index contributed by atoms with van der Waals surface area (Å²) in [4.78, 5) is 0. The van der Waals surface area contributed by atoms with E-state index in [9.17, 15) is 5.11 Å². The molecule has 1 aromatic carbocycles. The van der Waals surface area contributed by atoms with Crippen molar-refractivity contribution >= 4 is 15.9 Å². The number of aliphatic hydroxyl groups excluding tert-OH is 1. The van der Waals surface area contributed by atoms with Crippen LogP contribution in [0.4, 0.5) is 0 Å². The van der Waals surface area contributed by atoms with Gasteiger partial charge in [0, 0.05) is 23.6 Å². The van der Waals surface area contributed by atoms with Crippen LogP contribution in [0.25, 0.3) is 0 Å². The highest BCUT2D eigenvalue weighted by Crippen LogP contribution is 2.37. The second kappa shape index (κ2) is 4.64. The number of aryl methyl sites for hydroxylation is 1. The van der Waals surface area contributed by atoms with Crippen molar-refractivity contribution in [3.63, 3.8) is 0 Å². The van der Waals surface area contributed by atoms with Crippen molar-refractivity contribution in [2.24, 2.45) is 5.92 Å². The van der Waals surface area contributed by atoms with Crippen LogP contribution in [0.2, 0.25) is 0 Å². The van der Waals surface area contributed by atoms with Gasteiger partial charge in [-0.25, -0.2) is 0 Å². The summed E-state index contributed by atoms with van der Waals surface area (Å²) in [6, 6.07) is 6.25. The van der Waals surface area contributed by atoms with E-state index >= 15 is 0 Å². The molecule has 1 fully saturated rings. The van der Waals surface area contributed by atoms with Gasteiger partial charge in [-0.3, -0.25) is 0 Å². The number of hydrogen-bond donors (Lipinski definition) is 1. The lowest BCUT2D eigenvalue weighted by Crippen LogP contribution is -2.12. The minimum absolute atomic E-state index is 0.0463. The van der Waals surface area contributed by atoms with E-state index in [4.69, 9.17) is 4.74 Å². The van der Waals surface area contributed by atoms with Crippen molar-refractivity contribution in [2.75, 3.05) is 13.2 Å². The predicted octanol–water partition coefficient (Wildman–Crippen LogP) is 2.83. The van der Waals surface area contributed by atoms with Crippen molar-refractivity contribution in [3.8, 4) is 0 Å². The maximum Gasteiger partial charge on any atom is 0.0886 e. The van der Waals surface area contributed by atoms with Gasteiger partial charge < -0.3 is 9.84 Å². The van der Waals surface area contributed by atoms with E-state index in [2.05, 4.69) is 41.1 Å². The third kappa shape index (κ3) is 2.25. The van der Waals surface area contributed by atoms with Crippen molar-refractivity contribution < 1.29 is 9.84 Å². The molecule has 0 saturated carbocycles. The normalized spacial score (nSPS) is 25.8. The van der Waals surface area contributed by atoms with E-state index in [1.54, 1.807) is 0 Å². The average molecular weight is 271 g/mol. The molecule has 2 atom stereocenters. The molecule has 82 valence electrons. The van der Waals surface area contributed by atoms with Crippen molar-refractivity contribution in [1.29, 1.82) is 0 Å². The molecule has 1 aliphatic rings. The SMILES string of the molecule is Cc1ccc(C2OCCC2CO)c(Br)c1. The summed E-state index contributed by atoms with van der Waals surface area (Å²) < 4.78 is 6.75. The monoisotopic (exact) mass is 270 g/mol. The van der Waals surface area contributed by atoms with Gasteiger partial charge in [0.15, 0.2) is 0 Å². The number of aliphatic hydroxyl groups is 1. The number of halogens is 1. The summed E-state index contributed by atoms with van der Waals surface area (Å²) in [5.74, 6) is 0.240. The van der Waals surface area contributed by atoms with Gasteiger partial charge in [0.1, 0.15) is 0 Å². The highest BCUT2D eigenvalue weighted by molar-refractivity contribution is 9.10.